The molecule has 0 N–H and O–H groups in total. The summed E-state index contributed by atoms with van der Waals surface area (Å²) in [6.45, 7) is 9.62. The van der Waals surface area contributed by atoms with Crippen LogP contribution in [0, 0.1) is 5.92 Å². The van der Waals surface area contributed by atoms with E-state index in [4.69, 9.17) is 4.42 Å². The van der Waals surface area contributed by atoms with Gasteiger partial charge in [0.1, 0.15) is 12.3 Å². The molecule has 3 heterocycles. The Morgan fingerprint density at radius 2 is 1.89 bits per heavy atom. The van der Waals surface area contributed by atoms with Gasteiger partial charge in [-0.15, -0.1) is 5.10 Å². The molecule has 0 unspecified atom stereocenters. The van der Waals surface area contributed by atoms with Crippen molar-refractivity contribution in [3.05, 3.63) is 30.0 Å². The van der Waals surface area contributed by atoms with Crippen LogP contribution >= 0.6 is 0 Å². The lowest BCUT2D eigenvalue weighted by Crippen LogP contribution is -2.52. The summed E-state index contributed by atoms with van der Waals surface area (Å²) in [5, 5.41) is 12.6. The number of aromatic nitrogens is 4. The highest BCUT2D eigenvalue weighted by Gasteiger charge is 2.33. The molecule has 2 aromatic heterocycles. The lowest BCUT2D eigenvalue weighted by atomic mass is 9.93. The third kappa shape index (κ3) is 4.24. The van der Waals surface area contributed by atoms with Crippen LogP contribution in [0.1, 0.15) is 63.6 Å². The number of rotatable bonds is 6. The van der Waals surface area contributed by atoms with E-state index in [-0.39, 0.29) is 6.04 Å². The van der Waals surface area contributed by atoms with Crippen molar-refractivity contribution in [2.75, 3.05) is 26.2 Å². The Balaban J connectivity index is 1.44. The van der Waals surface area contributed by atoms with Crippen LogP contribution in [0.4, 0.5) is 0 Å². The van der Waals surface area contributed by atoms with Gasteiger partial charge < -0.3 is 4.42 Å². The van der Waals surface area contributed by atoms with Crippen LogP contribution in [0.2, 0.25) is 0 Å². The molecule has 27 heavy (non-hydrogen) atoms. The molecule has 0 spiro atoms. The molecule has 1 atom stereocenters. The summed E-state index contributed by atoms with van der Waals surface area (Å²) in [6, 6.07) is 4.92. The average Bonchev–Trinajstić information content (AvgIpc) is 3.36. The normalized spacial score (nSPS) is 21.7. The minimum Gasteiger partial charge on any atom is -0.467 e. The standard InChI is InChI=1S/C20H32N6O/c1-16(2)19(20-21-22-23-26(20)15-18-9-6-14-27-18)25-12-10-24(11-13-25)17-7-4-3-5-8-17/h6,9,14,16-17,19H,3-5,7-8,10-13,15H2,1-2H3/t19-/m1/s1. The zero-order valence-electron chi connectivity index (χ0n) is 16.6. The van der Waals surface area contributed by atoms with E-state index >= 15 is 0 Å². The molecule has 1 saturated heterocycles. The molecular weight excluding hydrogens is 340 g/mol. The molecule has 0 amide bonds. The first kappa shape index (κ1) is 18.6. The van der Waals surface area contributed by atoms with Crippen molar-refractivity contribution >= 4 is 0 Å². The maximum absolute atomic E-state index is 5.49. The Kier molecular flexibility index (Phi) is 5.88. The van der Waals surface area contributed by atoms with E-state index in [1.54, 1.807) is 6.26 Å². The monoisotopic (exact) mass is 372 g/mol. The first-order valence-corrected chi connectivity index (χ1v) is 10.5. The average molecular weight is 373 g/mol. The SMILES string of the molecule is CC(C)[C@H](c1nnnn1Cc1ccco1)N1CCN(C2CCCCC2)CC1. The third-order valence-electron chi connectivity index (χ3n) is 6.17. The Morgan fingerprint density at radius 1 is 1.11 bits per heavy atom. The van der Waals surface area contributed by atoms with Crippen LogP contribution in [-0.2, 0) is 6.54 Å². The van der Waals surface area contributed by atoms with Gasteiger partial charge in [0.05, 0.1) is 12.3 Å². The fraction of sp³-hybridized carbons (Fsp3) is 0.750. The number of nitrogens with zero attached hydrogens (tertiary/aromatic N) is 6. The molecule has 2 aliphatic rings. The Morgan fingerprint density at radius 3 is 2.56 bits per heavy atom. The summed E-state index contributed by atoms with van der Waals surface area (Å²) < 4.78 is 7.39. The summed E-state index contributed by atoms with van der Waals surface area (Å²) in [4.78, 5) is 5.30. The number of piperazine rings is 1. The number of hydrogen-bond donors (Lipinski definition) is 0. The van der Waals surface area contributed by atoms with E-state index in [0.29, 0.717) is 12.5 Å². The summed E-state index contributed by atoms with van der Waals surface area (Å²) in [6.07, 6.45) is 8.69. The van der Waals surface area contributed by atoms with Crippen molar-refractivity contribution in [3.8, 4) is 0 Å². The van der Waals surface area contributed by atoms with Crippen LogP contribution in [0.3, 0.4) is 0 Å². The van der Waals surface area contributed by atoms with Gasteiger partial charge in [-0.05, 0) is 41.3 Å². The number of tetrazole rings is 1. The minimum absolute atomic E-state index is 0.239. The van der Waals surface area contributed by atoms with E-state index in [9.17, 15) is 0 Å². The largest absolute Gasteiger partial charge is 0.467 e. The highest BCUT2D eigenvalue weighted by molar-refractivity contribution is 5.03. The zero-order valence-corrected chi connectivity index (χ0v) is 16.6. The van der Waals surface area contributed by atoms with Crippen LogP contribution in [0.15, 0.2) is 22.8 Å². The van der Waals surface area contributed by atoms with Crippen molar-refractivity contribution < 1.29 is 4.42 Å². The summed E-state index contributed by atoms with van der Waals surface area (Å²) >= 11 is 0. The molecule has 7 heteroatoms. The predicted octanol–water partition coefficient (Wildman–Crippen LogP) is 2.96. The first-order valence-electron chi connectivity index (χ1n) is 10.5. The van der Waals surface area contributed by atoms with Gasteiger partial charge in [0, 0.05) is 32.2 Å². The van der Waals surface area contributed by atoms with Gasteiger partial charge in [0.2, 0.25) is 0 Å². The van der Waals surface area contributed by atoms with Crippen LogP contribution in [-0.4, -0.2) is 62.2 Å². The van der Waals surface area contributed by atoms with E-state index in [1.807, 2.05) is 16.8 Å². The van der Waals surface area contributed by atoms with Crippen molar-refractivity contribution in [1.29, 1.82) is 0 Å². The molecule has 148 valence electrons. The summed E-state index contributed by atoms with van der Waals surface area (Å²) in [5.74, 6) is 2.29. The fourth-order valence-electron chi connectivity index (χ4n) is 4.80. The first-order chi connectivity index (χ1) is 13.2. The lowest BCUT2D eigenvalue weighted by molar-refractivity contribution is 0.0394. The molecule has 2 aromatic rings. The van der Waals surface area contributed by atoms with Crippen LogP contribution < -0.4 is 0 Å². The van der Waals surface area contributed by atoms with Gasteiger partial charge in [0.15, 0.2) is 5.82 Å². The van der Waals surface area contributed by atoms with Gasteiger partial charge in [-0.2, -0.15) is 0 Å². The minimum atomic E-state index is 0.239. The van der Waals surface area contributed by atoms with Crippen molar-refractivity contribution in [1.82, 2.24) is 30.0 Å². The second-order valence-corrected chi connectivity index (χ2v) is 8.33. The van der Waals surface area contributed by atoms with Gasteiger partial charge in [-0.25, -0.2) is 4.68 Å². The van der Waals surface area contributed by atoms with Crippen LogP contribution in [0.5, 0.6) is 0 Å². The summed E-state index contributed by atoms with van der Waals surface area (Å²) in [7, 11) is 0. The zero-order chi connectivity index (χ0) is 18.6. The Hall–Kier alpha value is -1.73. The van der Waals surface area contributed by atoms with Crippen molar-refractivity contribution in [3.63, 3.8) is 0 Å². The van der Waals surface area contributed by atoms with Gasteiger partial charge >= 0.3 is 0 Å². The van der Waals surface area contributed by atoms with E-state index in [1.165, 1.54) is 32.1 Å². The van der Waals surface area contributed by atoms with Crippen molar-refractivity contribution in [2.45, 2.75) is 64.6 Å². The fourth-order valence-corrected chi connectivity index (χ4v) is 4.80. The topological polar surface area (TPSA) is 63.2 Å². The van der Waals surface area contributed by atoms with Gasteiger partial charge in [0.25, 0.3) is 0 Å². The molecule has 4 rings (SSSR count). The Labute approximate surface area is 161 Å². The van der Waals surface area contributed by atoms with Gasteiger partial charge in [-0.1, -0.05) is 33.1 Å². The molecule has 0 aromatic carbocycles. The summed E-state index contributed by atoms with van der Waals surface area (Å²) in [5.41, 5.74) is 0. The molecule has 1 saturated carbocycles. The molecule has 1 aliphatic heterocycles. The highest BCUT2D eigenvalue weighted by Crippen LogP contribution is 2.30. The van der Waals surface area contributed by atoms with Gasteiger partial charge in [-0.3, -0.25) is 9.80 Å². The maximum Gasteiger partial charge on any atom is 0.169 e. The van der Waals surface area contributed by atoms with Crippen molar-refractivity contribution in [2.24, 2.45) is 5.92 Å². The second kappa shape index (κ2) is 8.52. The second-order valence-electron chi connectivity index (χ2n) is 8.33. The van der Waals surface area contributed by atoms with Crippen LogP contribution in [0.25, 0.3) is 0 Å². The molecular formula is C20H32N6O. The lowest BCUT2D eigenvalue weighted by Gasteiger charge is -2.43. The Bertz CT molecular complexity index is 683. The number of hydrogen-bond acceptors (Lipinski definition) is 6. The van der Waals surface area contributed by atoms with E-state index < -0.39 is 0 Å². The smallest absolute Gasteiger partial charge is 0.169 e. The molecule has 1 aliphatic carbocycles. The molecule has 7 nitrogen and oxygen atoms in total. The molecule has 0 bridgehead atoms. The maximum atomic E-state index is 5.49. The van der Waals surface area contributed by atoms with E-state index in [2.05, 4.69) is 39.2 Å². The van der Waals surface area contributed by atoms with E-state index in [0.717, 1.165) is 43.8 Å². The predicted molar refractivity (Wildman–Crippen MR) is 103 cm³/mol. The highest BCUT2D eigenvalue weighted by atomic mass is 16.3. The molecule has 0 radical (unpaired) electrons. The quantitative estimate of drug-likeness (QED) is 0.777. The molecule has 2 fully saturated rings. The third-order valence-corrected chi connectivity index (χ3v) is 6.17. The number of furan rings is 1.